The quantitative estimate of drug-likeness (QED) is 0.651. The molecule has 0 atom stereocenters. The Kier molecular flexibility index (Phi) is 24.8. The second kappa shape index (κ2) is 18.2. The highest BCUT2D eigenvalue weighted by Gasteiger charge is 1.88. The molecule has 0 rings (SSSR count). The first kappa shape index (κ1) is 19.0. The van der Waals surface area contributed by atoms with Crippen molar-refractivity contribution in [2.45, 2.75) is 41.0 Å². The van der Waals surface area contributed by atoms with E-state index in [1.165, 1.54) is 0 Å². The Bertz CT molecular complexity index is 128. The van der Waals surface area contributed by atoms with Crippen LogP contribution in [0.2, 0.25) is 0 Å². The van der Waals surface area contributed by atoms with E-state index in [4.69, 9.17) is 0 Å². The molecular weight excluding hydrogens is 174 g/mol. The summed E-state index contributed by atoms with van der Waals surface area (Å²) in [6.07, 6.45) is 4.12. The van der Waals surface area contributed by atoms with Gasteiger partial charge in [-0.3, -0.25) is 4.79 Å². The Hall–Kier alpha value is -0.630. The van der Waals surface area contributed by atoms with Gasteiger partial charge in [0, 0.05) is 13.0 Å². The predicted octanol–water partition coefficient (Wildman–Crippen LogP) is 3.14. The molecule has 0 aromatic heterocycles. The number of rotatable bonds is 4. The second-order valence-electron chi connectivity index (χ2n) is 2.48. The molecule has 0 aromatic carbocycles. The van der Waals surface area contributed by atoms with Gasteiger partial charge in [-0.1, -0.05) is 40.7 Å². The van der Waals surface area contributed by atoms with Crippen LogP contribution in [0.3, 0.4) is 0 Å². The van der Waals surface area contributed by atoms with Gasteiger partial charge in [-0.2, -0.15) is 0 Å². The number of carbonyl (C=O) groups excluding carboxylic acids is 1. The summed E-state index contributed by atoms with van der Waals surface area (Å²) in [7, 11) is 3.95. The lowest BCUT2D eigenvalue weighted by Gasteiger charge is -2.02. The minimum absolute atomic E-state index is 0.196. The van der Waals surface area contributed by atoms with E-state index in [9.17, 15) is 4.79 Å². The number of likely N-dealkylation sites (N-methyl/N-ethyl adjacent to an activating group) is 1. The van der Waals surface area contributed by atoms with Crippen LogP contribution in [0.4, 0.5) is 0 Å². The maximum atomic E-state index is 10.7. The number of hydrogen-bond acceptors (Lipinski definition) is 2. The molecule has 0 aromatic rings. The van der Waals surface area contributed by atoms with Crippen molar-refractivity contribution in [2.75, 3.05) is 20.6 Å². The van der Waals surface area contributed by atoms with Crippen LogP contribution in [0, 0.1) is 0 Å². The molecule has 0 saturated heterocycles. The minimum Gasteiger partial charge on any atom is -0.306 e. The molecule has 0 heterocycles. The molecule has 0 saturated carbocycles. The summed E-state index contributed by atoms with van der Waals surface area (Å²) < 4.78 is 0. The van der Waals surface area contributed by atoms with E-state index in [-0.39, 0.29) is 5.78 Å². The van der Waals surface area contributed by atoms with Gasteiger partial charge in [-0.25, -0.2) is 0 Å². The van der Waals surface area contributed by atoms with E-state index in [0.29, 0.717) is 6.42 Å². The topological polar surface area (TPSA) is 20.3 Å². The highest BCUT2D eigenvalue weighted by Crippen LogP contribution is 1.83. The molecule has 0 bridgehead atoms. The SMILES string of the molecule is CC.CC.CCC(=O)/C=C/CN(C)C. The van der Waals surface area contributed by atoms with Crippen molar-refractivity contribution in [3.63, 3.8) is 0 Å². The zero-order valence-corrected chi connectivity index (χ0v) is 10.9. The Labute approximate surface area is 90.0 Å². The molecular formula is C12H27NO. The van der Waals surface area contributed by atoms with Crippen molar-refractivity contribution in [1.82, 2.24) is 4.90 Å². The van der Waals surface area contributed by atoms with E-state index >= 15 is 0 Å². The largest absolute Gasteiger partial charge is 0.306 e. The zero-order chi connectivity index (χ0) is 12.0. The molecule has 0 fully saturated rings. The number of hydrogen-bond donors (Lipinski definition) is 0. The number of allylic oxidation sites excluding steroid dienone is 1. The fourth-order valence-electron chi connectivity index (χ4n) is 0.513. The van der Waals surface area contributed by atoms with Crippen LogP contribution in [0.25, 0.3) is 0 Å². The van der Waals surface area contributed by atoms with E-state index in [1.54, 1.807) is 6.08 Å². The summed E-state index contributed by atoms with van der Waals surface area (Å²) in [6, 6.07) is 0. The normalized spacial score (nSPS) is 8.86. The molecule has 86 valence electrons. The molecule has 0 aliphatic carbocycles. The van der Waals surface area contributed by atoms with Crippen molar-refractivity contribution in [3.8, 4) is 0 Å². The third-order valence-electron chi connectivity index (χ3n) is 1.12. The highest BCUT2D eigenvalue weighted by atomic mass is 16.1. The molecule has 0 radical (unpaired) electrons. The monoisotopic (exact) mass is 201 g/mol. The maximum absolute atomic E-state index is 10.7. The van der Waals surface area contributed by atoms with Crippen LogP contribution < -0.4 is 0 Å². The van der Waals surface area contributed by atoms with E-state index in [0.717, 1.165) is 6.54 Å². The van der Waals surface area contributed by atoms with Gasteiger partial charge in [0.05, 0.1) is 0 Å². The highest BCUT2D eigenvalue weighted by molar-refractivity contribution is 5.89. The minimum atomic E-state index is 0.196. The molecule has 2 nitrogen and oxygen atoms in total. The van der Waals surface area contributed by atoms with Gasteiger partial charge >= 0.3 is 0 Å². The van der Waals surface area contributed by atoms with Crippen LogP contribution in [-0.2, 0) is 4.79 Å². The lowest BCUT2D eigenvalue weighted by Crippen LogP contribution is -2.10. The molecule has 2 heteroatoms. The van der Waals surface area contributed by atoms with Crippen LogP contribution in [0.15, 0.2) is 12.2 Å². The van der Waals surface area contributed by atoms with Crippen molar-refractivity contribution < 1.29 is 4.79 Å². The van der Waals surface area contributed by atoms with Gasteiger partial charge in [-0.15, -0.1) is 0 Å². The molecule has 0 aliphatic rings. The average Bonchev–Trinajstić information content (AvgIpc) is 2.23. The summed E-state index contributed by atoms with van der Waals surface area (Å²) in [4.78, 5) is 12.7. The molecule has 0 aliphatic heterocycles. The Morgan fingerprint density at radius 3 is 1.86 bits per heavy atom. The zero-order valence-electron chi connectivity index (χ0n) is 10.9. The van der Waals surface area contributed by atoms with Crippen molar-refractivity contribution in [2.24, 2.45) is 0 Å². The van der Waals surface area contributed by atoms with Gasteiger partial charge in [0.1, 0.15) is 0 Å². The molecule has 0 amide bonds. The van der Waals surface area contributed by atoms with Gasteiger partial charge in [0.15, 0.2) is 5.78 Å². The van der Waals surface area contributed by atoms with Crippen molar-refractivity contribution in [1.29, 1.82) is 0 Å². The van der Waals surface area contributed by atoms with Gasteiger partial charge in [0.25, 0.3) is 0 Å². The van der Waals surface area contributed by atoms with E-state index < -0.39 is 0 Å². The average molecular weight is 201 g/mol. The van der Waals surface area contributed by atoms with Crippen LogP contribution in [-0.4, -0.2) is 31.3 Å². The first-order valence-corrected chi connectivity index (χ1v) is 5.51. The fraction of sp³-hybridized carbons (Fsp3) is 0.750. The molecule has 14 heavy (non-hydrogen) atoms. The lowest BCUT2D eigenvalue weighted by atomic mass is 10.3. The second-order valence-corrected chi connectivity index (χ2v) is 2.48. The molecule has 0 N–H and O–H groups in total. The van der Waals surface area contributed by atoms with E-state index in [1.807, 2.05) is 59.7 Å². The van der Waals surface area contributed by atoms with Crippen LogP contribution >= 0.6 is 0 Å². The van der Waals surface area contributed by atoms with Gasteiger partial charge in [0.2, 0.25) is 0 Å². The summed E-state index contributed by atoms with van der Waals surface area (Å²) in [5, 5.41) is 0. The smallest absolute Gasteiger partial charge is 0.155 e. The van der Waals surface area contributed by atoms with Gasteiger partial charge < -0.3 is 4.90 Å². The third kappa shape index (κ3) is 22.5. The summed E-state index contributed by atoms with van der Waals surface area (Å²) in [5.41, 5.74) is 0. The fourth-order valence-corrected chi connectivity index (χ4v) is 0.513. The van der Waals surface area contributed by atoms with Crippen LogP contribution in [0.5, 0.6) is 0 Å². The number of ketones is 1. The van der Waals surface area contributed by atoms with Crippen molar-refractivity contribution >= 4 is 5.78 Å². The first-order chi connectivity index (χ1) is 6.66. The maximum Gasteiger partial charge on any atom is 0.155 e. The van der Waals surface area contributed by atoms with Gasteiger partial charge in [-0.05, 0) is 20.2 Å². The first-order valence-electron chi connectivity index (χ1n) is 5.51. The summed E-state index contributed by atoms with van der Waals surface area (Å²) >= 11 is 0. The number of nitrogens with zero attached hydrogens (tertiary/aromatic N) is 1. The predicted molar refractivity (Wildman–Crippen MR) is 65.7 cm³/mol. The van der Waals surface area contributed by atoms with E-state index in [2.05, 4.69) is 0 Å². The lowest BCUT2D eigenvalue weighted by molar-refractivity contribution is -0.114. The summed E-state index contributed by atoms with van der Waals surface area (Å²) in [5.74, 6) is 0.196. The Morgan fingerprint density at radius 2 is 1.57 bits per heavy atom. The number of carbonyl (C=O) groups is 1. The molecule has 0 spiro atoms. The summed E-state index contributed by atoms with van der Waals surface area (Å²) in [6.45, 7) is 10.7. The standard InChI is InChI=1S/C8H15NO.2C2H6/c1-4-8(10)6-5-7-9(2)3;2*1-2/h5-6H,4,7H2,1-3H3;2*1-2H3/b6-5+;;. The Morgan fingerprint density at radius 1 is 1.14 bits per heavy atom. The Balaban J connectivity index is -0.000000266. The van der Waals surface area contributed by atoms with Crippen molar-refractivity contribution in [3.05, 3.63) is 12.2 Å². The third-order valence-corrected chi connectivity index (χ3v) is 1.12. The van der Waals surface area contributed by atoms with Crippen LogP contribution in [0.1, 0.15) is 41.0 Å². The molecule has 0 unspecified atom stereocenters.